The van der Waals surface area contributed by atoms with Crippen LogP contribution in [-0.2, 0) is 4.74 Å². The quantitative estimate of drug-likeness (QED) is 0.489. The summed E-state index contributed by atoms with van der Waals surface area (Å²) < 4.78 is 10.8. The molecule has 8 nitrogen and oxygen atoms in total. The maximum Gasteiger partial charge on any atom is 0.205 e. The summed E-state index contributed by atoms with van der Waals surface area (Å²) in [5.74, 6) is 6.95. The molecule has 1 aromatic rings. The number of hydrogen-bond donors (Lipinski definition) is 3. The van der Waals surface area contributed by atoms with Gasteiger partial charge < -0.3 is 24.9 Å². The van der Waals surface area contributed by atoms with Crippen LogP contribution in [0.2, 0.25) is 0 Å². The standard InChI is InChI=1S/C11H19N5O3/c1-7-5-19-8(4-17)3-16(7)11-9(18-2)10(15-12)13-6-14-11/h6-8,17H,3-5,12H2,1-2H3,(H,13,14,15). The number of aromatic nitrogens is 2. The van der Waals surface area contributed by atoms with Crippen LogP contribution in [0.5, 0.6) is 5.75 Å². The van der Waals surface area contributed by atoms with Crippen molar-refractivity contribution >= 4 is 11.6 Å². The average molecular weight is 269 g/mol. The number of aliphatic hydroxyl groups excluding tert-OH is 1. The van der Waals surface area contributed by atoms with Gasteiger partial charge in [-0.05, 0) is 6.92 Å². The molecule has 4 N–H and O–H groups in total. The molecule has 1 aromatic heterocycles. The second-order valence-electron chi connectivity index (χ2n) is 4.36. The number of hydrazine groups is 1. The van der Waals surface area contributed by atoms with Crippen molar-refractivity contribution in [1.29, 1.82) is 0 Å². The first-order chi connectivity index (χ1) is 9.21. The van der Waals surface area contributed by atoms with Crippen molar-refractivity contribution in [2.75, 3.05) is 37.2 Å². The van der Waals surface area contributed by atoms with Crippen LogP contribution in [0.15, 0.2) is 6.33 Å². The van der Waals surface area contributed by atoms with Crippen molar-refractivity contribution in [2.24, 2.45) is 5.84 Å². The number of nitrogens with two attached hydrogens (primary N) is 1. The van der Waals surface area contributed by atoms with E-state index in [0.29, 0.717) is 30.5 Å². The van der Waals surface area contributed by atoms with Gasteiger partial charge in [0.25, 0.3) is 0 Å². The molecule has 2 unspecified atom stereocenters. The van der Waals surface area contributed by atoms with Gasteiger partial charge in [-0.25, -0.2) is 15.8 Å². The van der Waals surface area contributed by atoms with Crippen molar-refractivity contribution in [3.05, 3.63) is 6.33 Å². The number of nitrogen functional groups attached to an aromatic ring is 1. The lowest BCUT2D eigenvalue weighted by Gasteiger charge is -2.38. The normalized spacial score (nSPS) is 23.3. The Morgan fingerprint density at radius 1 is 1.63 bits per heavy atom. The number of nitrogens with zero attached hydrogens (tertiary/aromatic N) is 3. The van der Waals surface area contributed by atoms with Crippen LogP contribution in [0.1, 0.15) is 6.92 Å². The van der Waals surface area contributed by atoms with E-state index in [4.69, 9.17) is 15.3 Å². The minimum absolute atomic E-state index is 0.0292. The number of morpholine rings is 1. The summed E-state index contributed by atoms with van der Waals surface area (Å²) in [4.78, 5) is 10.3. The van der Waals surface area contributed by atoms with Gasteiger partial charge in [0.05, 0.1) is 32.5 Å². The number of methoxy groups -OCH3 is 1. The predicted molar refractivity (Wildman–Crippen MR) is 70.0 cm³/mol. The molecule has 0 amide bonds. The molecular weight excluding hydrogens is 250 g/mol. The third-order valence-corrected chi connectivity index (χ3v) is 3.11. The van der Waals surface area contributed by atoms with Gasteiger partial charge in [-0.2, -0.15) is 0 Å². The molecule has 2 rings (SSSR count). The molecule has 0 radical (unpaired) electrons. The Morgan fingerprint density at radius 2 is 2.42 bits per heavy atom. The third-order valence-electron chi connectivity index (χ3n) is 3.11. The Balaban J connectivity index is 2.33. The fraction of sp³-hybridized carbons (Fsp3) is 0.636. The lowest BCUT2D eigenvalue weighted by Crippen LogP contribution is -2.50. The maximum atomic E-state index is 9.22. The highest BCUT2D eigenvalue weighted by Crippen LogP contribution is 2.33. The van der Waals surface area contributed by atoms with Crippen molar-refractivity contribution in [3.63, 3.8) is 0 Å². The SMILES string of the molecule is COc1c(NN)ncnc1N1CC(CO)OCC1C. The van der Waals surface area contributed by atoms with Crippen molar-refractivity contribution in [3.8, 4) is 5.75 Å². The Hall–Kier alpha value is -1.64. The topological polar surface area (TPSA) is 106 Å². The molecule has 106 valence electrons. The predicted octanol–water partition coefficient (Wildman–Crippen LogP) is -0.643. The van der Waals surface area contributed by atoms with Crippen LogP contribution in [0.3, 0.4) is 0 Å². The lowest BCUT2D eigenvalue weighted by molar-refractivity contribution is -0.0107. The minimum atomic E-state index is -0.231. The molecule has 0 aromatic carbocycles. The number of hydrogen-bond acceptors (Lipinski definition) is 8. The van der Waals surface area contributed by atoms with E-state index in [2.05, 4.69) is 15.4 Å². The first-order valence-electron chi connectivity index (χ1n) is 6.06. The summed E-state index contributed by atoms with van der Waals surface area (Å²) in [7, 11) is 1.54. The van der Waals surface area contributed by atoms with E-state index in [-0.39, 0.29) is 18.8 Å². The number of ether oxygens (including phenoxy) is 2. The molecule has 8 heteroatoms. The lowest BCUT2D eigenvalue weighted by atomic mass is 10.2. The van der Waals surface area contributed by atoms with Gasteiger partial charge >= 0.3 is 0 Å². The van der Waals surface area contributed by atoms with Crippen molar-refractivity contribution < 1.29 is 14.6 Å². The van der Waals surface area contributed by atoms with E-state index in [1.807, 2.05) is 11.8 Å². The molecule has 2 atom stereocenters. The van der Waals surface area contributed by atoms with Gasteiger partial charge in [0.2, 0.25) is 5.75 Å². The fourth-order valence-electron chi connectivity index (χ4n) is 2.08. The van der Waals surface area contributed by atoms with Crippen molar-refractivity contribution in [1.82, 2.24) is 9.97 Å². The second kappa shape index (κ2) is 6.00. The van der Waals surface area contributed by atoms with Crippen molar-refractivity contribution in [2.45, 2.75) is 19.1 Å². The number of rotatable bonds is 4. The van der Waals surface area contributed by atoms with Crippen LogP contribution in [-0.4, -0.2) is 54.1 Å². The monoisotopic (exact) mass is 269 g/mol. The molecule has 0 spiro atoms. The summed E-state index contributed by atoms with van der Waals surface area (Å²) in [5, 5.41) is 9.22. The van der Waals surface area contributed by atoms with Gasteiger partial charge in [0.1, 0.15) is 6.33 Å². The molecule has 0 bridgehead atoms. The molecule has 0 saturated carbocycles. The Labute approximate surface area is 111 Å². The zero-order valence-corrected chi connectivity index (χ0v) is 11.0. The number of aliphatic hydroxyl groups is 1. The molecule has 19 heavy (non-hydrogen) atoms. The first-order valence-corrected chi connectivity index (χ1v) is 6.06. The van der Waals surface area contributed by atoms with Gasteiger partial charge in [-0.3, -0.25) is 0 Å². The highest BCUT2D eigenvalue weighted by Gasteiger charge is 2.29. The van der Waals surface area contributed by atoms with Gasteiger partial charge in [0, 0.05) is 6.54 Å². The van der Waals surface area contributed by atoms with E-state index < -0.39 is 0 Å². The Kier molecular flexibility index (Phi) is 4.35. The van der Waals surface area contributed by atoms with Crippen LogP contribution < -0.4 is 20.9 Å². The van der Waals surface area contributed by atoms with E-state index in [9.17, 15) is 5.11 Å². The highest BCUT2D eigenvalue weighted by atomic mass is 16.5. The van der Waals surface area contributed by atoms with Crippen LogP contribution >= 0.6 is 0 Å². The Bertz CT molecular complexity index is 431. The second-order valence-corrected chi connectivity index (χ2v) is 4.36. The van der Waals surface area contributed by atoms with E-state index in [0.717, 1.165) is 0 Å². The summed E-state index contributed by atoms with van der Waals surface area (Å²) in [6, 6.07) is 0.122. The van der Waals surface area contributed by atoms with Gasteiger partial charge in [-0.15, -0.1) is 0 Å². The van der Waals surface area contributed by atoms with E-state index in [1.165, 1.54) is 13.4 Å². The zero-order chi connectivity index (χ0) is 13.8. The van der Waals surface area contributed by atoms with Gasteiger partial charge in [-0.1, -0.05) is 0 Å². The van der Waals surface area contributed by atoms with Crippen LogP contribution in [0.25, 0.3) is 0 Å². The van der Waals surface area contributed by atoms with Crippen LogP contribution in [0.4, 0.5) is 11.6 Å². The fourth-order valence-corrected chi connectivity index (χ4v) is 2.08. The number of nitrogens with one attached hydrogen (secondary N) is 1. The van der Waals surface area contributed by atoms with E-state index in [1.54, 1.807) is 0 Å². The molecular formula is C11H19N5O3. The first kappa shape index (κ1) is 13.8. The molecule has 1 fully saturated rings. The molecule has 1 aliphatic rings. The summed E-state index contributed by atoms with van der Waals surface area (Å²) in [6.45, 7) is 3.04. The maximum absolute atomic E-state index is 9.22. The summed E-state index contributed by atoms with van der Waals surface area (Å²) in [5.41, 5.74) is 2.48. The summed E-state index contributed by atoms with van der Waals surface area (Å²) in [6.07, 6.45) is 1.19. The highest BCUT2D eigenvalue weighted by molar-refractivity contribution is 5.64. The van der Waals surface area contributed by atoms with E-state index >= 15 is 0 Å². The van der Waals surface area contributed by atoms with Crippen LogP contribution in [0, 0.1) is 0 Å². The zero-order valence-electron chi connectivity index (χ0n) is 11.0. The molecule has 1 saturated heterocycles. The minimum Gasteiger partial charge on any atom is -0.490 e. The average Bonchev–Trinajstić information content (AvgIpc) is 2.46. The Morgan fingerprint density at radius 3 is 3.05 bits per heavy atom. The molecule has 2 heterocycles. The largest absolute Gasteiger partial charge is 0.490 e. The van der Waals surface area contributed by atoms with Gasteiger partial charge in [0.15, 0.2) is 11.6 Å². The molecule has 0 aliphatic carbocycles. The third kappa shape index (κ3) is 2.70. The smallest absolute Gasteiger partial charge is 0.205 e. The molecule has 1 aliphatic heterocycles. The summed E-state index contributed by atoms with van der Waals surface area (Å²) >= 11 is 0. The number of anilines is 2.